The van der Waals surface area contributed by atoms with Crippen molar-refractivity contribution in [3.63, 3.8) is 0 Å². The van der Waals surface area contributed by atoms with Crippen molar-refractivity contribution in [2.45, 2.75) is 39.4 Å². The van der Waals surface area contributed by atoms with Gasteiger partial charge in [0.05, 0.1) is 11.5 Å². The molecule has 1 heterocycles. The van der Waals surface area contributed by atoms with Crippen LogP contribution < -0.4 is 0 Å². The summed E-state index contributed by atoms with van der Waals surface area (Å²) in [7, 11) is 0. The second kappa shape index (κ2) is 5.14. The van der Waals surface area contributed by atoms with E-state index in [-0.39, 0.29) is 6.29 Å². The molecule has 1 aromatic rings. The van der Waals surface area contributed by atoms with Crippen molar-refractivity contribution in [1.29, 1.82) is 0 Å². The van der Waals surface area contributed by atoms with Crippen LogP contribution in [0.15, 0.2) is 53.5 Å². The molecule has 1 aromatic carbocycles. The maximum absolute atomic E-state index is 6.37. The molecule has 3 atom stereocenters. The average Bonchev–Trinajstić information content (AvgIpc) is 3.16. The molecular weight excluding hydrogens is 296 g/mol. The summed E-state index contributed by atoms with van der Waals surface area (Å²) < 4.78 is 12.7. The second-order valence-corrected chi connectivity index (χ2v) is 7.29. The van der Waals surface area contributed by atoms with Gasteiger partial charge in [-0.25, -0.2) is 0 Å². The molecule has 0 spiro atoms. The van der Waals surface area contributed by atoms with Crippen LogP contribution >= 0.6 is 0 Å². The van der Waals surface area contributed by atoms with Crippen LogP contribution in [-0.2, 0) is 9.47 Å². The highest BCUT2D eigenvalue weighted by molar-refractivity contribution is 5.95. The zero-order valence-corrected chi connectivity index (χ0v) is 14.2. The van der Waals surface area contributed by atoms with Gasteiger partial charge in [0.15, 0.2) is 0 Å². The highest BCUT2D eigenvalue weighted by Crippen LogP contribution is 2.49. The summed E-state index contributed by atoms with van der Waals surface area (Å²) in [5.74, 6) is 3.06. The van der Waals surface area contributed by atoms with Gasteiger partial charge in [-0.2, -0.15) is 0 Å². The number of ether oxygens (including phenoxy) is 2. The Morgan fingerprint density at radius 1 is 1.08 bits per heavy atom. The van der Waals surface area contributed by atoms with Gasteiger partial charge in [0.25, 0.3) is 0 Å². The molecule has 122 valence electrons. The Balaban J connectivity index is 1.51. The number of benzene rings is 1. The summed E-state index contributed by atoms with van der Waals surface area (Å²) in [6, 6.07) is 6.42. The van der Waals surface area contributed by atoms with E-state index in [1.54, 1.807) is 0 Å². The molecule has 4 aliphatic rings. The highest BCUT2D eigenvalue weighted by atomic mass is 16.7. The van der Waals surface area contributed by atoms with Crippen LogP contribution in [0.1, 0.15) is 42.9 Å². The summed E-state index contributed by atoms with van der Waals surface area (Å²) in [5, 5.41) is 0. The van der Waals surface area contributed by atoms with Gasteiger partial charge in [0.1, 0.15) is 11.5 Å². The molecule has 1 saturated carbocycles. The zero-order valence-electron chi connectivity index (χ0n) is 14.2. The number of allylic oxidation sites excluding steroid dienone is 5. The van der Waals surface area contributed by atoms with Crippen LogP contribution in [0.3, 0.4) is 0 Å². The Kier molecular flexibility index (Phi) is 3.03. The molecule has 3 unspecified atom stereocenters. The van der Waals surface area contributed by atoms with E-state index in [4.69, 9.17) is 9.47 Å². The second-order valence-electron chi connectivity index (χ2n) is 7.29. The van der Waals surface area contributed by atoms with E-state index < -0.39 is 0 Å². The fourth-order valence-electron chi connectivity index (χ4n) is 4.72. The summed E-state index contributed by atoms with van der Waals surface area (Å²) >= 11 is 0. The molecule has 1 fully saturated rings. The van der Waals surface area contributed by atoms with Gasteiger partial charge in [-0.3, -0.25) is 0 Å². The summed E-state index contributed by atoms with van der Waals surface area (Å²) in [4.78, 5) is 0. The number of aryl methyl sites for hydroxylation is 1. The SMILES string of the molecule is CC1=C2C(=Cc3cccc(C)c32)OC(C2CCC3CC=CC=C32)O1. The Hall–Kier alpha value is -2.22. The van der Waals surface area contributed by atoms with Gasteiger partial charge in [-0.1, -0.05) is 42.0 Å². The van der Waals surface area contributed by atoms with E-state index in [0.29, 0.717) is 11.8 Å². The average molecular weight is 318 g/mol. The lowest BCUT2D eigenvalue weighted by Gasteiger charge is -2.33. The van der Waals surface area contributed by atoms with Crippen LogP contribution in [0, 0.1) is 18.8 Å². The molecule has 0 amide bonds. The predicted octanol–water partition coefficient (Wildman–Crippen LogP) is 5.37. The monoisotopic (exact) mass is 318 g/mol. The fraction of sp³-hybridized carbons (Fsp3) is 0.364. The molecule has 0 radical (unpaired) electrons. The first-order valence-corrected chi connectivity index (χ1v) is 8.95. The molecule has 0 bridgehead atoms. The lowest BCUT2D eigenvalue weighted by atomic mass is 9.90. The molecule has 24 heavy (non-hydrogen) atoms. The first-order valence-electron chi connectivity index (χ1n) is 8.95. The van der Waals surface area contributed by atoms with E-state index in [1.807, 2.05) is 0 Å². The third-order valence-electron chi connectivity index (χ3n) is 5.88. The minimum absolute atomic E-state index is 0.183. The maximum atomic E-state index is 6.37. The highest BCUT2D eigenvalue weighted by Gasteiger charge is 2.42. The summed E-state index contributed by atoms with van der Waals surface area (Å²) in [5.41, 5.74) is 6.46. The minimum atomic E-state index is -0.183. The first kappa shape index (κ1) is 14.2. The van der Waals surface area contributed by atoms with Crippen LogP contribution in [0.2, 0.25) is 0 Å². The van der Waals surface area contributed by atoms with Crippen molar-refractivity contribution in [2.24, 2.45) is 11.8 Å². The van der Waals surface area contributed by atoms with E-state index in [1.165, 1.54) is 35.1 Å². The number of rotatable bonds is 1. The Labute approximate surface area is 143 Å². The Morgan fingerprint density at radius 2 is 2.00 bits per heavy atom. The van der Waals surface area contributed by atoms with Gasteiger partial charge in [0.2, 0.25) is 6.29 Å². The van der Waals surface area contributed by atoms with Crippen molar-refractivity contribution in [3.8, 4) is 0 Å². The van der Waals surface area contributed by atoms with E-state index in [2.05, 4.69) is 56.4 Å². The normalized spacial score (nSPS) is 30.0. The number of hydrogen-bond acceptors (Lipinski definition) is 2. The van der Waals surface area contributed by atoms with E-state index >= 15 is 0 Å². The van der Waals surface area contributed by atoms with Gasteiger partial charge in [-0.05, 0) is 61.8 Å². The van der Waals surface area contributed by atoms with Gasteiger partial charge in [0, 0.05) is 0 Å². The zero-order chi connectivity index (χ0) is 16.3. The van der Waals surface area contributed by atoms with E-state index in [9.17, 15) is 0 Å². The molecule has 2 heteroatoms. The molecular formula is C22H22O2. The molecule has 5 rings (SSSR count). The van der Waals surface area contributed by atoms with Crippen molar-refractivity contribution < 1.29 is 9.47 Å². The lowest BCUT2D eigenvalue weighted by molar-refractivity contribution is -0.116. The standard InChI is InChI=1S/C22H22O2/c1-13-6-5-8-16-12-19-21(20(13)16)14(2)23-22(24-19)18-11-10-15-7-3-4-9-17(15)18/h3-6,8-9,12,15,18,22H,7,10-11H2,1-2H3. The quantitative estimate of drug-likeness (QED) is 0.693. The molecule has 0 saturated heterocycles. The van der Waals surface area contributed by atoms with Crippen LogP contribution in [-0.4, -0.2) is 6.29 Å². The largest absolute Gasteiger partial charge is 0.458 e. The Bertz CT molecular complexity index is 838. The van der Waals surface area contributed by atoms with Crippen molar-refractivity contribution in [1.82, 2.24) is 0 Å². The topological polar surface area (TPSA) is 18.5 Å². The van der Waals surface area contributed by atoms with Crippen LogP contribution in [0.25, 0.3) is 11.6 Å². The van der Waals surface area contributed by atoms with Crippen molar-refractivity contribution in [2.75, 3.05) is 0 Å². The molecule has 0 N–H and O–H groups in total. The van der Waals surface area contributed by atoms with Gasteiger partial charge in [-0.15, -0.1) is 0 Å². The third-order valence-corrected chi connectivity index (χ3v) is 5.88. The van der Waals surface area contributed by atoms with Gasteiger partial charge >= 0.3 is 0 Å². The fourth-order valence-corrected chi connectivity index (χ4v) is 4.72. The molecule has 1 aliphatic heterocycles. The molecule has 0 aromatic heterocycles. The first-order chi connectivity index (χ1) is 11.7. The minimum Gasteiger partial charge on any atom is -0.458 e. The lowest BCUT2D eigenvalue weighted by Crippen LogP contribution is -2.30. The number of hydrogen-bond donors (Lipinski definition) is 0. The van der Waals surface area contributed by atoms with Crippen LogP contribution in [0.5, 0.6) is 0 Å². The van der Waals surface area contributed by atoms with Crippen molar-refractivity contribution >= 4 is 11.6 Å². The summed E-state index contributed by atoms with van der Waals surface area (Å²) in [6.45, 7) is 4.24. The van der Waals surface area contributed by atoms with E-state index in [0.717, 1.165) is 23.5 Å². The third kappa shape index (κ3) is 1.95. The van der Waals surface area contributed by atoms with Crippen LogP contribution in [0.4, 0.5) is 0 Å². The molecule has 2 nitrogen and oxygen atoms in total. The van der Waals surface area contributed by atoms with Gasteiger partial charge < -0.3 is 9.47 Å². The predicted molar refractivity (Wildman–Crippen MR) is 95.8 cm³/mol. The van der Waals surface area contributed by atoms with Crippen molar-refractivity contribution in [3.05, 3.63) is 70.2 Å². The summed E-state index contributed by atoms with van der Waals surface area (Å²) in [6.07, 6.45) is 12.3. The number of fused-ring (bicyclic) bond motifs is 4. The molecule has 3 aliphatic carbocycles. The smallest absolute Gasteiger partial charge is 0.247 e. The maximum Gasteiger partial charge on any atom is 0.247 e. The Morgan fingerprint density at radius 3 is 2.92 bits per heavy atom.